The summed E-state index contributed by atoms with van der Waals surface area (Å²) in [4.78, 5) is 0.318. The van der Waals surface area contributed by atoms with Crippen molar-refractivity contribution in [3.63, 3.8) is 0 Å². The SMILES string of the molecule is CC[C@@](C)(CCCNS(=O)(=O)c1cccc(C)c1)C1OCCO1. The third-order valence-corrected chi connectivity index (χ3v) is 5.97. The topological polar surface area (TPSA) is 64.6 Å². The first kappa shape index (κ1) is 18.4. The largest absolute Gasteiger partial charge is 0.350 e. The standard InChI is InChI=1S/C17H27NO4S/c1-4-17(3,16-21-11-12-22-16)9-6-10-18-23(19,20)15-8-5-7-14(2)13-15/h5,7-8,13,16,18H,4,6,9-12H2,1-3H3/t17-/m0/s1. The summed E-state index contributed by atoms with van der Waals surface area (Å²) in [6.07, 6.45) is 2.35. The Labute approximate surface area is 139 Å². The van der Waals surface area contributed by atoms with E-state index in [1.54, 1.807) is 18.2 Å². The highest BCUT2D eigenvalue weighted by Crippen LogP contribution is 2.35. The summed E-state index contributed by atoms with van der Waals surface area (Å²) in [5.74, 6) is 0. The first-order valence-electron chi connectivity index (χ1n) is 8.17. The van der Waals surface area contributed by atoms with E-state index in [1.165, 1.54) is 0 Å². The Morgan fingerprint density at radius 3 is 2.61 bits per heavy atom. The van der Waals surface area contributed by atoms with Crippen LogP contribution in [0.5, 0.6) is 0 Å². The average Bonchev–Trinajstić information content (AvgIpc) is 3.06. The predicted molar refractivity (Wildman–Crippen MR) is 89.7 cm³/mol. The van der Waals surface area contributed by atoms with Gasteiger partial charge in [0.2, 0.25) is 10.0 Å². The fourth-order valence-corrected chi connectivity index (χ4v) is 3.97. The highest BCUT2D eigenvalue weighted by Gasteiger charge is 2.36. The van der Waals surface area contributed by atoms with E-state index >= 15 is 0 Å². The number of sulfonamides is 1. The van der Waals surface area contributed by atoms with Crippen LogP contribution < -0.4 is 4.72 Å². The third kappa shape index (κ3) is 4.76. The van der Waals surface area contributed by atoms with Gasteiger partial charge >= 0.3 is 0 Å². The average molecular weight is 341 g/mol. The van der Waals surface area contributed by atoms with Crippen LogP contribution in [0, 0.1) is 12.3 Å². The number of ether oxygens (including phenoxy) is 2. The van der Waals surface area contributed by atoms with Crippen molar-refractivity contribution in [2.24, 2.45) is 5.41 Å². The van der Waals surface area contributed by atoms with Crippen LogP contribution >= 0.6 is 0 Å². The van der Waals surface area contributed by atoms with E-state index in [-0.39, 0.29) is 11.7 Å². The molecule has 1 heterocycles. The van der Waals surface area contributed by atoms with Crippen molar-refractivity contribution in [2.75, 3.05) is 19.8 Å². The second-order valence-electron chi connectivity index (χ2n) is 6.40. The molecule has 1 fully saturated rings. The highest BCUT2D eigenvalue weighted by atomic mass is 32.2. The van der Waals surface area contributed by atoms with Gasteiger partial charge in [0.1, 0.15) is 0 Å². The van der Waals surface area contributed by atoms with Gasteiger partial charge < -0.3 is 9.47 Å². The summed E-state index contributed by atoms with van der Waals surface area (Å²) >= 11 is 0. The number of rotatable bonds is 8. The summed E-state index contributed by atoms with van der Waals surface area (Å²) in [6, 6.07) is 6.94. The maximum atomic E-state index is 12.3. The molecule has 1 atom stereocenters. The van der Waals surface area contributed by atoms with Gasteiger partial charge in [-0.1, -0.05) is 26.0 Å². The Hall–Kier alpha value is -0.950. The minimum atomic E-state index is -3.44. The van der Waals surface area contributed by atoms with E-state index in [1.807, 2.05) is 13.0 Å². The van der Waals surface area contributed by atoms with Crippen molar-refractivity contribution in [2.45, 2.75) is 51.2 Å². The quantitative estimate of drug-likeness (QED) is 0.739. The minimum Gasteiger partial charge on any atom is -0.350 e. The zero-order valence-corrected chi connectivity index (χ0v) is 15.0. The Morgan fingerprint density at radius 2 is 2.00 bits per heavy atom. The van der Waals surface area contributed by atoms with E-state index in [0.717, 1.165) is 24.8 Å². The molecule has 1 N–H and O–H groups in total. The predicted octanol–water partition coefficient (Wildman–Crippen LogP) is 2.84. The molecule has 1 aromatic rings. The lowest BCUT2D eigenvalue weighted by molar-refractivity contribution is -0.131. The van der Waals surface area contributed by atoms with Crippen molar-refractivity contribution in [3.8, 4) is 0 Å². The normalized spacial score (nSPS) is 18.9. The molecular formula is C17H27NO4S. The fraction of sp³-hybridized carbons (Fsp3) is 0.647. The van der Waals surface area contributed by atoms with Gasteiger partial charge in [-0.15, -0.1) is 0 Å². The Kier molecular flexibility index (Phi) is 6.19. The molecule has 1 saturated heterocycles. The first-order chi connectivity index (χ1) is 10.9. The summed E-state index contributed by atoms with van der Waals surface area (Å²) in [5.41, 5.74) is 0.854. The smallest absolute Gasteiger partial charge is 0.240 e. The van der Waals surface area contributed by atoms with Gasteiger partial charge in [-0.3, -0.25) is 0 Å². The maximum absolute atomic E-state index is 12.3. The molecule has 1 aliphatic heterocycles. The summed E-state index contributed by atoms with van der Waals surface area (Å²) in [6.45, 7) is 7.83. The zero-order chi connectivity index (χ0) is 16.9. The van der Waals surface area contributed by atoms with Crippen LogP contribution in [-0.4, -0.2) is 34.5 Å². The van der Waals surface area contributed by atoms with E-state index in [9.17, 15) is 8.42 Å². The molecule has 0 aromatic heterocycles. The lowest BCUT2D eigenvalue weighted by Crippen LogP contribution is -2.34. The molecule has 0 bridgehead atoms. The summed E-state index contributed by atoms with van der Waals surface area (Å²) < 4.78 is 38.5. The van der Waals surface area contributed by atoms with Crippen LogP contribution in [0.4, 0.5) is 0 Å². The fourth-order valence-electron chi connectivity index (χ4n) is 2.79. The number of aryl methyl sites for hydroxylation is 1. The van der Waals surface area contributed by atoms with Gasteiger partial charge in [-0.25, -0.2) is 13.1 Å². The third-order valence-electron chi connectivity index (χ3n) is 4.52. The minimum absolute atomic E-state index is 0.0781. The molecule has 5 nitrogen and oxygen atoms in total. The van der Waals surface area contributed by atoms with Gasteiger partial charge in [0, 0.05) is 12.0 Å². The second kappa shape index (κ2) is 7.75. The molecule has 6 heteroatoms. The lowest BCUT2D eigenvalue weighted by atomic mass is 9.82. The van der Waals surface area contributed by atoms with Gasteiger partial charge in [-0.2, -0.15) is 0 Å². The van der Waals surface area contributed by atoms with Crippen LogP contribution in [0.1, 0.15) is 38.7 Å². The highest BCUT2D eigenvalue weighted by molar-refractivity contribution is 7.89. The van der Waals surface area contributed by atoms with E-state index in [4.69, 9.17) is 9.47 Å². The second-order valence-corrected chi connectivity index (χ2v) is 8.17. The molecule has 0 aliphatic carbocycles. The van der Waals surface area contributed by atoms with Gasteiger partial charge in [0.05, 0.1) is 18.1 Å². The monoisotopic (exact) mass is 341 g/mol. The van der Waals surface area contributed by atoms with Crippen LogP contribution in [0.25, 0.3) is 0 Å². The molecule has 2 rings (SSSR count). The van der Waals surface area contributed by atoms with E-state index in [2.05, 4.69) is 18.6 Å². The molecular weight excluding hydrogens is 314 g/mol. The van der Waals surface area contributed by atoms with E-state index < -0.39 is 10.0 Å². The Balaban J connectivity index is 1.86. The molecule has 0 amide bonds. The van der Waals surface area contributed by atoms with Crippen LogP contribution in [0.15, 0.2) is 29.2 Å². The Bertz CT molecular complexity index is 611. The number of nitrogens with one attached hydrogen (secondary N) is 1. The van der Waals surface area contributed by atoms with Crippen LogP contribution in [0.2, 0.25) is 0 Å². The van der Waals surface area contributed by atoms with Crippen molar-refractivity contribution in [1.29, 1.82) is 0 Å². The van der Waals surface area contributed by atoms with Gasteiger partial charge in [0.15, 0.2) is 6.29 Å². The molecule has 130 valence electrons. The van der Waals surface area contributed by atoms with Crippen LogP contribution in [0.3, 0.4) is 0 Å². The number of benzene rings is 1. The molecule has 23 heavy (non-hydrogen) atoms. The van der Waals surface area contributed by atoms with Crippen molar-refractivity contribution >= 4 is 10.0 Å². The molecule has 1 aromatic carbocycles. The summed E-state index contributed by atoms with van der Waals surface area (Å²) in [5, 5.41) is 0. The molecule has 0 radical (unpaired) electrons. The summed E-state index contributed by atoms with van der Waals surface area (Å²) in [7, 11) is -3.44. The van der Waals surface area contributed by atoms with Crippen molar-refractivity contribution in [3.05, 3.63) is 29.8 Å². The Morgan fingerprint density at radius 1 is 1.30 bits per heavy atom. The lowest BCUT2D eigenvalue weighted by Gasteiger charge is -2.33. The molecule has 0 saturated carbocycles. The van der Waals surface area contributed by atoms with Crippen molar-refractivity contribution < 1.29 is 17.9 Å². The number of hydrogen-bond donors (Lipinski definition) is 1. The van der Waals surface area contributed by atoms with Crippen LogP contribution in [-0.2, 0) is 19.5 Å². The zero-order valence-electron chi connectivity index (χ0n) is 14.2. The first-order valence-corrected chi connectivity index (χ1v) is 9.65. The van der Waals surface area contributed by atoms with Crippen molar-refractivity contribution in [1.82, 2.24) is 4.72 Å². The molecule has 1 aliphatic rings. The van der Waals surface area contributed by atoms with Gasteiger partial charge in [0.25, 0.3) is 0 Å². The maximum Gasteiger partial charge on any atom is 0.240 e. The number of hydrogen-bond acceptors (Lipinski definition) is 4. The molecule has 0 spiro atoms. The van der Waals surface area contributed by atoms with E-state index in [0.29, 0.717) is 24.7 Å². The van der Waals surface area contributed by atoms with Gasteiger partial charge in [-0.05, 0) is 43.9 Å². The molecule has 0 unspecified atom stereocenters.